The number of nitrogens with zero attached hydrogens (tertiary/aromatic N) is 1. The first-order valence-corrected chi connectivity index (χ1v) is 6.43. The van der Waals surface area contributed by atoms with Crippen molar-refractivity contribution in [3.05, 3.63) is 36.3 Å². The van der Waals surface area contributed by atoms with Crippen LogP contribution in [0.1, 0.15) is 19.6 Å². The van der Waals surface area contributed by atoms with Gasteiger partial charge in [-0.25, -0.2) is 9.59 Å². The molecule has 1 saturated heterocycles. The SMILES string of the molecule is C=C(CN1C(=O)NC(C)(c2ccco2)C1=O)C(=O)OCC. The molecule has 1 aromatic rings. The topological polar surface area (TPSA) is 88.9 Å². The van der Waals surface area contributed by atoms with Crippen LogP contribution < -0.4 is 5.32 Å². The lowest BCUT2D eigenvalue weighted by Gasteiger charge is -2.19. The molecule has 21 heavy (non-hydrogen) atoms. The van der Waals surface area contributed by atoms with Crippen molar-refractivity contribution in [3.8, 4) is 0 Å². The molecular weight excluding hydrogens is 276 g/mol. The summed E-state index contributed by atoms with van der Waals surface area (Å²) >= 11 is 0. The van der Waals surface area contributed by atoms with Gasteiger partial charge in [0.2, 0.25) is 0 Å². The number of rotatable bonds is 5. The first kappa shape index (κ1) is 14.8. The summed E-state index contributed by atoms with van der Waals surface area (Å²) in [6.07, 6.45) is 1.42. The Morgan fingerprint density at radius 1 is 1.52 bits per heavy atom. The third-order valence-corrected chi connectivity index (χ3v) is 3.20. The quantitative estimate of drug-likeness (QED) is 0.500. The first-order valence-electron chi connectivity index (χ1n) is 6.43. The molecule has 1 aliphatic heterocycles. The summed E-state index contributed by atoms with van der Waals surface area (Å²) in [5.74, 6) is -0.817. The van der Waals surface area contributed by atoms with Crippen LogP contribution in [-0.2, 0) is 19.9 Å². The van der Waals surface area contributed by atoms with E-state index in [1.165, 1.54) is 6.26 Å². The molecule has 1 atom stereocenters. The lowest BCUT2D eigenvalue weighted by atomic mass is 9.99. The third kappa shape index (κ3) is 2.54. The zero-order valence-corrected chi connectivity index (χ0v) is 11.8. The van der Waals surface area contributed by atoms with Crippen molar-refractivity contribution >= 4 is 17.9 Å². The summed E-state index contributed by atoms with van der Waals surface area (Å²) in [5, 5.41) is 2.56. The van der Waals surface area contributed by atoms with Crippen LogP contribution in [0.15, 0.2) is 35.0 Å². The molecule has 0 aliphatic carbocycles. The summed E-state index contributed by atoms with van der Waals surface area (Å²) in [6, 6.07) is 2.62. The summed E-state index contributed by atoms with van der Waals surface area (Å²) in [5.41, 5.74) is -1.25. The van der Waals surface area contributed by atoms with Crippen molar-refractivity contribution < 1.29 is 23.5 Å². The number of amides is 3. The van der Waals surface area contributed by atoms with E-state index in [9.17, 15) is 14.4 Å². The Labute approximate surface area is 121 Å². The Morgan fingerprint density at radius 2 is 2.24 bits per heavy atom. The van der Waals surface area contributed by atoms with E-state index in [4.69, 9.17) is 9.15 Å². The molecule has 1 N–H and O–H groups in total. The van der Waals surface area contributed by atoms with Crippen molar-refractivity contribution in [2.45, 2.75) is 19.4 Å². The molecule has 1 fully saturated rings. The molecule has 2 heterocycles. The lowest BCUT2D eigenvalue weighted by Crippen LogP contribution is -2.40. The molecule has 7 heteroatoms. The van der Waals surface area contributed by atoms with E-state index in [0.717, 1.165) is 4.90 Å². The summed E-state index contributed by atoms with van der Waals surface area (Å²) < 4.78 is 9.98. The Morgan fingerprint density at radius 3 is 2.81 bits per heavy atom. The Balaban J connectivity index is 2.16. The minimum Gasteiger partial charge on any atom is -0.466 e. The van der Waals surface area contributed by atoms with Crippen LogP contribution in [0.4, 0.5) is 4.79 Å². The number of hydrogen-bond donors (Lipinski definition) is 1. The van der Waals surface area contributed by atoms with Gasteiger partial charge in [-0.3, -0.25) is 9.69 Å². The summed E-state index contributed by atoms with van der Waals surface area (Å²) in [4.78, 5) is 36.9. The highest BCUT2D eigenvalue weighted by atomic mass is 16.5. The van der Waals surface area contributed by atoms with Crippen molar-refractivity contribution in [1.29, 1.82) is 0 Å². The van der Waals surface area contributed by atoms with Crippen LogP contribution >= 0.6 is 0 Å². The fraction of sp³-hybridized carbons (Fsp3) is 0.357. The van der Waals surface area contributed by atoms with Gasteiger partial charge in [0.1, 0.15) is 5.76 Å². The molecule has 7 nitrogen and oxygen atoms in total. The maximum Gasteiger partial charge on any atom is 0.335 e. The van der Waals surface area contributed by atoms with Crippen LogP contribution in [0.2, 0.25) is 0 Å². The van der Waals surface area contributed by atoms with Gasteiger partial charge >= 0.3 is 12.0 Å². The Bertz CT molecular complexity index is 593. The van der Waals surface area contributed by atoms with Gasteiger partial charge in [0.05, 0.1) is 19.4 Å². The summed E-state index contributed by atoms with van der Waals surface area (Å²) in [6.45, 7) is 6.72. The maximum atomic E-state index is 12.4. The van der Waals surface area contributed by atoms with Crippen molar-refractivity contribution in [2.24, 2.45) is 0 Å². The van der Waals surface area contributed by atoms with Gasteiger partial charge in [-0.1, -0.05) is 6.58 Å². The molecule has 112 valence electrons. The van der Waals surface area contributed by atoms with Crippen molar-refractivity contribution in [3.63, 3.8) is 0 Å². The van der Waals surface area contributed by atoms with Gasteiger partial charge in [0.25, 0.3) is 5.91 Å². The van der Waals surface area contributed by atoms with Crippen LogP contribution in [0.25, 0.3) is 0 Å². The van der Waals surface area contributed by atoms with E-state index in [1.807, 2.05) is 0 Å². The number of hydrogen-bond acceptors (Lipinski definition) is 5. The molecule has 0 aromatic carbocycles. The Kier molecular flexibility index (Phi) is 3.84. The highest BCUT2D eigenvalue weighted by Gasteiger charge is 2.51. The fourth-order valence-corrected chi connectivity index (χ4v) is 2.06. The number of imide groups is 1. The van der Waals surface area contributed by atoms with E-state index in [0.29, 0.717) is 5.76 Å². The van der Waals surface area contributed by atoms with Crippen LogP contribution in [-0.4, -0.2) is 36.0 Å². The predicted octanol–water partition coefficient (Wildman–Crippen LogP) is 1.17. The number of nitrogens with one attached hydrogen (secondary N) is 1. The van der Waals surface area contributed by atoms with Gasteiger partial charge in [0, 0.05) is 5.57 Å². The molecule has 0 saturated carbocycles. The number of carbonyl (C=O) groups excluding carboxylic acids is 3. The minimum atomic E-state index is -1.28. The average molecular weight is 292 g/mol. The van der Waals surface area contributed by atoms with Gasteiger partial charge in [-0.15, -0.1) is 0 Å². The summed E-state index contributed by atoms with van der Waals surface area (Å²) in [7, 11) is 0. The molecule has 1 aliphatic rings. The van der Waals surface area contributed by atoms with Gasteiger partial charge < -0.3 is 14.5 Å². The fourth-order valence-electron chi connectivity index (χ4n) is 2.06. The predicted molar refractivity (Wildman–Crippen MR) is 72.1 cm³/mol. The van der Waals surface area contributed by atoms with Crippen LogP contribution in [0.3, 0.4) is 0 Å². The van der Waals surface area contributed by atoms with Gasteiger partial charge in [0.15, 0.2) is 5.54 Å². The largest absolute Gasteiger partial charge is 0.466 e. The molecule has 0 radical (unpaired) electrons. The lowest BCUT2D eigenvalue weighted by molar-refractivity contribution is -0.138. The average Bonchev–Trinajstić information content (AvgIpc) is 3.03. The van der Waals surface area contributed by atoms with Crippen LogP contribution in [0, 0.1) is 0 Å². The van der Waals surface area contributed by atoms with Crippen molar-refractivity contribution in [1.82, 2.24) is 10.2 Å². The standard InChI is InChI=1S/C14H16N2O5/c1-4-20-11(17)9(2)8-16-12(18)14(3,15-13(16)19)10-6-5-7-21-10/h5-7H,2,4,8H2,1,3H3,(H,15,19). The number of furan rings is 1. The second kappa shape index (κ2) is 5.43. The van der Waals surface area contributed by atoms with E-state index in [2.05, 4.69) is 11.9 Å². The van der Waals surface area contributed by atoms with Crippen LogP contribution in [0.5, 0.6) is 0 Å². The smallest absolute Gasteiger partial charge is 0.335 e. The minimum absolute atomic E-state index is 0.0315. The second-order valence-electron chi connectivity index (χ2n) is 4.75. The van der Waals surface area contributed by atoms with Crippen molar-refractivity contribution in [2.75, 3.05) is 13.2 Å². The normalized spacial score (nSPS) is 21.3. The highest BCUT2D eigenvalue weighted by Crippen LogP contribution is 2.29. The number of carbonyl (C=O) groups is 3. The maximum absolute atomic E-state index is 12.4. The molecule has 1 aromatic heterocycles. The number of esters is 1. The van der Waals surface area contributed by atoms with Gasteiger partial charge in [-0.05, 0) is 26.0 Å². The number of urea groups is 1. The van der Waals surface area contributed by atoms with E-state index in [-0.39, 0.29) is 18.7 Å². The zero-order valence-electron chi connectivity index (χ0n) is 11.8. The molecule has 3 amide bonds. The third-order valence-electron chi connectivity index (χ3n) is 3.20. The molecule has 2 rings (SSSR count). The first-order chi connectivity index (χ1) is 9.90. The molecule has 1 unspecified atom stereocenters. The monoisotopic (exact) mass is 292 g/mol. The van der Waals surface area contributed by atoms with E-state index >= 15 is 0 Å². The number of ether oxygens (including phenoxy) is 1. The molecule has 0 bridgehead atoms. The second-order valence-corrected chi connectivity index (χ2v) is 4.75. The Hall–Kier alpha value is -2.57. The molecule has 0 spiro atoms. The molecular formula is C14H16N2O5. The van der Waals surface area contributed by atoms with E-state index in [1.54, 1.807) is 26.0 Å². The van der Waals surface area contributed by atoms with Gasteiger partial charge in [-0.2, -0.15) is 0 Å². The highest BCUT2D eigenvalue weighted by molar-refractivity contribution is 6.07. The zero-order chi connectivity index (χ0) is 15.6. The van der Waals surface area contributed by atoms with E-state index < -0.39 is 23.4 Å².